The number of hydrogen-bond donors (Lipinski definition) is 2. The van der Waals surface area contributed by atoms with Gasteiger partial charge in [0.15, 0.2) is 5.96 Å². The van der Waals surface area contributed by atoms with Crippen LogP contribution in [0.2, 0.25) is 0 Å². The van der Waals surface area contributed by atoms with E-state index >= 15 is 0 Å². The lowest BCUT2D eigenvalue weighted by molar-refractivity contribution is 0.631. The van der Waals surface area contributed by atoms with E-state index in [1.54, 1.807) is 6.33 Å². The lowest BCUT2D eigenvalue weighted by Gasteiger charge is -2.13. The number of hydrogen-bond acceptors (Lipinski definition) is 4. The predicted octanol–water partition coefficient (Wildman–Crippen LogP) is 2.83. The maximum atomic E-state index is 4.72. The molecule has 0 fully saturated rings. The smallest absolute Gasteiger partial charge is 0.191 e. The summed E-state index contributed by atoms with van der Waals surface area (Å²) in [6.07, 6.45) is 5.31. The highest BCUT2D eigenvalue weighted by Crippen LogP contribution is 2.00. The first kappa shape index (κ1) is 22.8. The summed E-state index contributed by atoms with van der Waals surface area (Å²) in [7, 11) is 0. The van der Waals surface area contributed by atoms with Crippen LogP contribution in [0.1, 0.15) is 24.0 Å². The second-order valence-corrected chi connectivity index (χ2v) is 6.37. The molecule has 0 aliphatic heterocycles. The van der Waals surface area contributed by atoms with Gasteiger partial charge in [-0.25, -0.2) is 4.99 Å². The molecular weight excluding hydrogens is 477 g/mol. The Hall–Kier alpha value is -2.49. The summed E-state index contributed by atoms with van der Waals surface area (Å²) >= 11 is 0. The molecule has 8 heteroatoms. The van der Waals surface area contributed by atoms with Gasteiger partial charge in [0.25, 0.3) is 0 Å². The van der Waals surface area contributed by atoms with Gasteiger partial charge >= 0.3 is 0 Å². The van der Waals surface area contributed by atoms with Gasteiger partial charge in [0, 0.05) is 44.4 Å². The van der Waals surface area contributed by atoms with E-state index in [4.69, 9.17) is 4.99 Å². The monoisotopic (exact) mass is 505 g/mol. The first-order valence-corrected chi connectivity index (χ1v) is 9.68. The maximum Gasteiger partial charge on any atom is 0.191 e. The van der Waals surface area contributed by atoms with Crippen LogP contribution in [0, 0.1) is 0 Å². The van der Waals surface area contributed by atoms with E-state index in [2.05, 4.69) is 49.4 Å². The molecule has 0 radical (unpaired) electrons. The summed E-state index contributed by atoms with van der Waals surface area (Å²) in [5.41, 5.74) is 2.25. The molecule has 0 unspecified atom stereocenters. The quantitative estimate of drug-likeness (QED) is 0.266. The molecular formula is C21H28IN7. The zero-order valence-corrected chi connectivity index (χ0v) is 19.0. The number of aromatic nitrogens is 4. The van der Waals surface area contributed by atoms with Gasteiger partial charge < -0.3 is 15.2 Å². The largest absolute Gasteiger partial charge is 0.356 e. The summed E-state index contributed by atoms with van der Waals surface area (Å²) < 4.78 is 2.07. The Kier molecular flexibility index (Phi) is 10.1. The fourth-order valence-electron chi connectivity index (χ4n) is 2.82. The van der Waals surface area contributed by atoms with E-state index in [0.29, 0.717) is 6.54 Å². The van der Waals surface area contributed by atoms with Crippen molar-refractivity contribution in [2.75, 3.05) is 13.1 Å². The number of aliphatic imine (C=N–C) groups is 1. The van der Waals surface area contributed by atoms with Gasteiger partial charge in [-0.3, -0.25) is 4.98 Å². The van der Waals surface area contributed by atoms with Crippen molar-refractivity contribution < 1.29 is 0 Å². The van der Waals surface area contributed by atoms with Gasteiger partial charge in [0.2, 0.25) is 0 Å². The number of nitrogens with zero attached hydrogens (tertiary/aromatic N) is 5. The normalized spacial score (nSPS) is 11.0. The number of guanidine groups is 1. The first-order valence-electron chi connectivity index (χ1n) is 9.68. The Morgan fingerprint density at radius 1 is 1.03 bits per heavy atom. The molecule has 1 aromatic carbocycles. The molecule has 3 rings (SSSR count). The van der Waals surface area contributed by atoms with Gasteiger partial charge in [-0.05, 0) is 17.7 Å². The van der Waals surface area contributed by atoms with Crippen LogP contribution in [0.5, 0.6) is 0 Å². The van der Waals surface area contributed by atoms with Crippen LogP contribution in [0.4, 0.5) is 0 Å². The summed E-state index contributed by atoms with van der Waals surface area (Å²) in [4.78, 5) is 9.09. The number of halogens is 1. The average Bonchev–Trinajstić information content (AvgIpc) is 3.20. The SMILES string of the molecule is CCc1nncn1CCNC(=NCc1ccccc1)NCCc1ccccn1.I. The number of pyridine rings is 1. The molecule has 0 amide bonds. The zero-order chi connectivity index (χ0) is 19.4. The fourth-order valence-corrected chi connectivity index (χ4v) is 2.82. The van der Waals surface area contributed by atoms with Crippen molar-refractivity contribution >= 4 is 29.9 Å². The van der Waals surface area contributed by atoms with E-state index in [1.807, 2.05) is 42.6 Å². The molecule has 2 heterocycles. The van der Waals surface area contributed by atoms with Gasteiger partial charge in [-0.1, -0.05) is 43.3 Å². The molecule has 0 aliphatic rings. The first-order chi connectivity index (χ1) is 13.8. The molecule has 0 bridgehead atoms. The van der Waals surface area contributed by atoms with Crippen molar-refractivity contribution in [3.63, 3.8) is 0 Å². The molecule has 154 valence electrons. The van der Waals surface area contributed by atoms with Gasteiger partial charge in [-0.15, -0.1) is 34.2 Å². The second kappa shape index (κ2) is 12.9. The summed E-state index contributed by atoms with van der Waals surface area (Å²) in [6, 6.07) is 16.2. The van der Waals surface area contributed by atoms with Crippen LogP contribution in [-0.2, 0) is 25.9 Å². The predicted molar refractivity (Wildman–Crippen MR) is 126 cm³/mol. The van der Waals surface area contributed by atoms with Crippen LogP contribution < -0.4 is 10.6 Å². The van der Waals surface area contributed by atoms with Gasteiger partial charge in [0.05, 0.1) is 6.54 Å². The zero-order valence-electron chi connectivity index (χ0n) is 16.7. The average molecular weight is 505 g/mol. The standard InChI is InChI=1S/C21H27N7.HI/c1-2-20-27-26-17-28(20)15-14-24-21(25-16-18-8-4-3-5-9-18)23-13-11-19-10-6-7-12-22-19;/h3-10,12,17H,2,11,13-16H2,1H3,(H2,23,24,25);1H. The maximum absolute atomic E-state index is 4.72. The van der Waals surface area contributed by atoms with Crippen molar-refractivity contribution in [1.82, 2.24) is 30.4 Å². The summed E-state index contributed by atoms with van der Waals surface area (Å²) in [5, 5.41) is 14.9. The van der Waals surface area contributed by atoms with Crippen LogP contribution in [-0.4, -0.2) is 38.8 Å². The molecule has 0 atom stereocenters. The third kappa shape index (κ3) is 7.80. The Balaban J connectivity index is 0.00000300. The number of benzene rings is 1. The molecule has 7 nitrogen and oxygen atoms in total. The summed E-state index contributed by atoms with van der Waals surface area (Å²) in [6.45, 7) is 5.02. The van der Waals surface area contributed by atoms with E-state index in [-0.39, 0.29) is 24.0 Å². The van der Waals surface area contributed by atoms with E-state index in [0.717, 1.165) is 50.0 Å². The van der Waals surface area contributed by atoms with Crippen LogP contribution in [0.3, 0.4) is 0 Å². The Labute approximate surface area is 189 Å². The molecule has 2 aromatic heterocycles. The minimum atomic E-state index is 0. The van der Waals surface area contributed by atoms with E-state index in [1.165, 1.54) is 5.56 Å². The van der Waals surface area contributed by atoms with Crippen molar-refractivity contribution in [2.45, 2.75) is 32.9 Å². The molecule has 0 saturated heterocycles. The van der Waals surface area contributed by atoms with Crippen LogP contribution in [0.25, 0.3) is 0 Å². The summed E-state index contributed by atoms with van der Waals surface area (Å²) in [5.74, 6) is 1.79. The molecule has 0 spiro atoms. The topological polar surface area (TPSA) is 80.0 Å². The highest BCUT2D eigenvalue weighted by atomic mass is 127. The van der Waals surface area contributed by atoms with E-state index in [9.17, 15) is 0 Å². The lowest BCUT2D eigenvalue weighted by atomic mass is 10.2. The third-order valence-electron chi connectivity index (χ3n) is 4.32. The van der Waals surface area contributed by atoms with Crippen LogP contribution in [0.15, 0.2) is 66.0 Å². The second-order valence-electron chi connectivity index (χ2n) is 6.37. The Morgan fingerprint density at radius 3 is 2.59 bits per heavy atom. The highest BCUT2D eigenvalue weighted by Gasteiger charge is 2.03. The van der Waals surface area contributed by atoms with Crippen molar-refractivity contribution in [3.8, 4) is 0 Å². The Morgan fingerprint density at radius 2 is 1.83 bits per heavy atom. The van der Waals surface area contributed by atoms with Gasteiger partial charge in [-0.2, -0.15) is 0 Å². The van der Waals surface area contributed by atoms with Crippen molar-refractivity contribution in [2.24, 2.45) is 4.99 Å². The molecule has 3 aromatic rings. The fraction of sp³-hybridized carbons (Fsp3) is 0.333. The highest BCUT2D eigenvalue weighted by molar-refractivity contribution is 14.0. The minimum absolute atomic E-state index is 0. The molecule has 0 aliphatic carbocycles. The number of nitrogens with one attached hydrogen (secondary N) is 2. The molecule has 0 saturated carbocycles. The molecule has 29 heavy (non-hydrogen) atoms. The van der Waals surface area contributed by atoms with E-state index < -0.39 is 0 Å². The lowest BCUT2D eigenvalue weighted by Crippen LogP contribution is -2.40. The molecule has 2 N–H and O–H groups in total. The van der Waals surface area contributed by atoms with Crippen LogP contribution >= 0.6 is 24.0 Å². The van der Waals surface area contributed by atoms with Gasteiger partial charge in [0.1, 0.15) is 12.2 Å². The van der Waals surface area contributed by atoms with Crippen molar-refractivity contribution in [1.29, 1.82) is 0 Å². The number of aryl methyl sites for hydroxylation is 1. The minimum Gasteiger partial charge on any atom is -0.356 e. The Bertz CT molecular complexity index is 850. The third-order valence-corrected chi connectivity index (χ3v) is 4.32. The number of rotatable bonds is 9. The van der Waals surface area contributed by atoms with Crippen molar-refractivity contribution in [3.05, 3.63) is 78.1 Å².